The van der Waals surface area contributed by atoms with Gasteiger partial charge in [0.25, 0.3) is 0 Å². The Morgan fingerprint density at radius 3 is 3.00 bits per heavy atom. The van der Waals surface area contributed by atoms with Gasteiger partial charge in [0, 0.05) is 24.0 Å². The second-order valence-corrected chi connectivity index (χ2v) is 5.63. The molecule has 0 unspecified atom stereocenters. The lowest BCUT2D eigenvalue weighted by Gasteiger charge is -2.22. The summed E-state index contributed by atoms with van der Waals surface area (Å²) in [6.07, 6.45) is -0.128. The van der Waals surface area contributed by atoms with Crippen LogP contribution in [-0.4, -0.2) is 41.8 Å². The van der Waals surface area contributed by atoms with Crippen molar-refractivity contribution in [3.8, 4) is 6.07 Å². The lowest BCUT2D eigenvalue weighted by molar-refractivity contribution is -0.146. The number of hydrogen-bond acceptors (Lipinski definition) is 5. The van der Waals surface area contributed by atoms with Crippen LogP contribution in [0.3, 0.4) is 0 Å². The summed E-state index contributed by atoms with van der Waals surface area (Å²) in [5, 5.41) is 18.6. The molecule has 1 heterocycles. The second kappa shape index (κ2) is 6.35. The number of aliphatic hydroxyl groups is 1. The largest absolute Gasteiger partial charge is 0.468 e. The average molecular weight is 339 g/mol. The molecule has 1 aliphatic rings. The van der Waals surface area contributed by atoms with Crippen LogP contribution in [0, 0.1) is 11.3 Å². The fourth-order valence-electron chi connectivity index (χ4n) is 2.40. The van der Waals surface area contributed by atoms with Gasteiger partial charge in [-0.05, 0) is 17.7 Å². The van der Waals surface area contributed by atoms with Crippen LogP contribution in [0.4, 0.5) is 0 Å². The molecule has 0 amide bonds. The fraction of sp³-hybridized carbons (Fsp3) is 0.429. The molecule has 0 radical (unpaired) electrons. The second-order valence-electron chi connectivity index (χ2n) is 4.78. The average Bonchev–Trinajstić information content (AvgIpc) is 2.81. The van der Waals surface area contributed by atoms with Gasteiger partial charge in [-0.2, -0.15) is 5.26 Å². The third kappa shape index (κ3) is 3.18. The number of esters is 1. The summed E-state index contributed by atoms with van der Waals surface area (Å²) in [4.78, 5) is 13.6. The van der Waals surface area contributed by atoms with Crippen LogP contribution in [0.15, 0.2) is 22.7 Å². The number of aliphatic hydroxyl groups excluding tert-OH is 1. The maximum absolute atomic E-state index is 11.7. The number of nitriles is 1. The van der Waals surface area contributed by atoms with Crippen LogP contribution >= 0.6 is 15.9 Å². The van der Waals surface area contributed by atoms with Crippen LogP contribution in [0.1, 0.15) is 17.5 Å². The molecular formula is C14H15BrN2O3. The maximum atomic E-state index is 11.7. The van der Waals surface area contributed by atoms with Crippen molar-refractivity contribution in [3.05, 3.63) is 33.8 Å². The lowest BCUT2D eigenvalue weighted by atomic mass is 10.1. The first kappa shape index (κ1) is 15.0. The number of benzene rings is 1. The minimum atomic E-state index is -0.517. The van der Waals surface area contributed by atoms with Crippen molar-refractivity contribution >= 4 is 21.9 Å². The monoisotopic (exact) mass is 338 g/mol. The summed E-state index contributed by atoms with van der Waals surface area (Å²) in [7, 11) is 1.35. The van der Waals surface area contributed by atoms with E-state index >= 15 is 0 Å². The molecule has 1 aromatic rings. The number of nitrogens with zero attached hydrogens (tertiary/aromatic N) is 2. The molecule has 0 spiro atoms. The van der Waals surface area contributed by atoms with Crippen molar-refractivity contribution in [2.45, 2.75) is 25.1 Å². The third-order valence-corrected chi connectivity index (χ3v) is 4.15. The molecule has 0 saturated carbocycles. The molecule has 2 atom stereocenters. The van der Waals surface area contributed by atoms with Gasteiger partial charge in [-0.1, -0.05) is 22.0 Å². The normalized spacial score (nSPS) is 22.5. The van der Waals surface area contributed by atoms with Gasteiger partial charge in [0.2, 0.25) is 0 Å². The van der Waals surface area contributed by atoms with Crippen molar-refractivity contribution in [1.29, 1.82) is 5.26 Å². The fourth-order valence-corrected chi connectivity index (χ4v) is 2.90. The Kier molecular flexibility index (Phi) is 4.76. The molecule has 1 aromatic carbocycles. The molecule has 5 nitrogen and oxygen atoms in total. The molecule has 6 heteroatoms. The van der Waals surface area contributed by atoms with Gasteiger partial charge in [-0.15, -0.1) is 0 Å². The van der Waals surface area contributed by atoms with Crippen LogP contribution in [0.25, 0.3) is 0 Å². The van der Waals surface area contributed by atoms with Crippen LogP contribution in [0.2, 0.25) is 0 Å². The van der Waals surface area contributed by atoms with Gasteiger partial charge < -0.3 is 9.84 Å². The van der Waals surface area contributed by atoms with E-state index in [1.807, 2.05) is 11.0 Å². The SMILES string of the molecule is COC(=O)[C@@H]1C[C@H](O)CN1Cc1ccc(C#N)cc1Br. The van der Waals surface area contributed by atoms with Gasteiger partial charge in [0.15, 0.2) is 0 Å². The molecule has 2 rings (SSSR count). The minimum absolute atomic E-state index is 0.327. The predicted octanol–water partition coefficient (Wildman–Crippen LogP) is 1.43. The van der Waals surface area contributed by atoms with Crippen LogP contribution < -0.4 is 0 Å². The summed E-state index contributed by atoms with van der Waals surface area (Å²) in [6.45, 7) is 0.954. The van der Waals surface area contributed by atoms with E-state index < -0.39 is 12.1 Å². The summed E-state index contributed by atoms with van der Waals surface area (Å²) in [5.41, 5.74) is 1.54. The topological polar surface area (TPSA) is 73.6 Å². The standard InChI is InChI=1S/C14H15BrN2O3/c1-20-14(19)13-5-11(18)8-17(13)7-10-3-2-9(6-16)4-12(10)15/h2-4,11,13,18H,5,7-8H2,1H3/t11-,13-/m0/s1. The Morgan fingerprint density at radius 2 is 2.40 bits per heavy atom. The summed E-state index contributed by atoms with van der Waals surface area (Å²) >= 11 is 3.43. The van der Waals surface area contributed by atoms with E-state index in [0.717, 1.165) is 10.0 Å². The number of likely N-dealkylation sites (tertiary alicyclic amines) is 1. The number of methoxy groups -OCH3 is 1. The van der Waals surface area contributed by atoms with Crippen LogP contribution in [-0.2, 0) is 16.1 Å². The van der Waals surface area contributed by atoms with Gasteiger partial charge in [0.05, 0.1) is 24.8 Å². The number of ether oxygens (including phenoxy) is 1. The Bertz CT molecular complexity index is 556. The number of rotatable bonds is 3. The highest BCUT2D eigenvalue weighted by molar-refractivity contribution is 9.10. The molecule has 1 saturated heterocycles. The highest BCUT2D eigenvalue weighted by Crippen LogP contribution is 2.25. The molecule has 106 valence electrons. The van der Waals surface area contributed by atoms with E-state index in [1.165, 1.54) is 7.11 Å². The van der Waals surface area contributed by atoms with Gasteiger partial charge in [-0.25, -0.2) is 0 Å². The van der Waals surface area contributed by atoms with Crippen molar-refractivity contribution in [1.82, 2.24) is 4.90 Å². The Labute approximate surface area is 125 Å². The van der Waals surface area contributed by atoms with Crippen molar-refractivity contribution in [3.63, 3.8) is 0 Å². The Hall–Kier alpha value is -1.42. The van der Waals surface area contributed by atoms with Gasteiger partial charge >= 0.3 is 5.97 Å². The zero-order valence-corrected chi connectivity index (χ0v) is 12.6. The van der Waals surface area contributed by atoms with Crippen LogP contribution in [0.5, 0.6) is 0 Å². The zero-order valence-electron chi connectivity index (χ0n) is 11.0. The first-order valence-corrected chi connectivity index (χ1v) is 7.03. The number of β-amino-alcohol motifs (C(OH)–C–C–N with tert-alkyl or cyclic N) is 1. The van der Waals surface area contributed by atoms with Gasteiger partial charge in [-0.3, -0.25) is 9.69 Å². The van der Waals surface area contributed by atoms with Crippen molar-refractivity contribution < 1.29 is 14.6 Å². The number of hydrogen-bond donors (Lipinski definition) is 1. The molecule has 0 aliphatic carbocycles. The highest BCUT2D eigenvalue weighted by atomic mass is 79.9. The number of carbonyl (C=O) groups excluding carboxylic acids is 1. The minimum Gasteiger partial charge on any atom is -0.468 e. The molecule has 1 N–H and O–H groups in total. The molecule has 0 bridgehead atoms. The maximum Gasteiger partial charge on any atom is 0.323 e. The summed E-state index contributed by atoms with van der Waals surface area (Å²) < 4.78 is 5.59. The van der Waals surface area contributed by atoms with Crippen molar-refractivity contribution in [2.24, 2.45) is 0 Å². The summed E-state index contributed by atoms with van der Waals surface area (Å²) in [6, 6.07) is 6.98. The van der Waals surface area contributed by atoms with E-state index in [1.54, 1.807) is 12.1 Å². The molecule has 20 heavy (non-hydrogen) atoms. The number of halogens is 1. The number of carbonyl (C=O) groups is 1. The molecular weight excluding hydrogens is 324 g/mol. The van der Waals surface area contributed by atoms with E-state index in [2.05, 4.69) is 22.0 Å². The Morgan fingerprint density at radius 1 is 1.65 bits per heavy atom. The molecule has 0 aromatic heterocycles. The first-order valence-electron chi connectivity index (χ1n) is 6.23. The zero-order chi connectivity index (χ0) is 14.7. The molecule has 1 fully saturated rings. The third-order valence-electron chi connectivity index (χ3n) is 3.41. The van der Waals surface area contributed by atoms with Crippen molar-refractivity contribution in [2.75, 3.05) is 13.7 Å². The van der Waals surface area contributed by atoms with E-state index in [9.17, 15) is 9.90 Å². The smallest absolute Gasteiger partial charge is 0.323 e. The quantitative estimate of drug-likeness (QED) is 0.844. The predicted molar refractivity (Wildman–Crippen MR) is 75.7 cm³/mol. The van der Waals surface area contributed by atoms with Gasteiger partial charge in [0.1, 0.15) is 6.04 Å². The first-order chi connectivity index (χ1) is 9.55. The lowest BCUT2D eigenvalue weighted by Crippen LogP contribution is -2.36. The van der Waals surface area contributed by atoms with E-state index in [-0.39, 0.29) is 5.97 Å². The Balaban J connectivity index is 2.16. The van der Waals surface area contributed by atoms with E-state index in [4.69, 9.17) is 10.00 Å². The van der Waals surface area contributed by atoms with E-state index in [0.29, 0.717) is 25.1 Å². The highest BCUT2D eigenvalue weighted by Gasteiger charge is 2.36. The summed E-state index contributed by atoms with van der Waals surface area (Å²) in [5.74, 6) is -0.327. The molecule has 1 aliphatic heterocycles.